The van der Waals surface area contributed by atoms with Gasteiger partial charge in [-0.2, -0.15) is 0 Å². The number of hydrogen-bond acceptors (Lipinski definition) is 4. The highest BCUT2D eigenvalue weighted by molar-refractivity contribution is 5.80. The third-order valence-corrected chi connectivity index (χ3v) is 3.41. The van der Waals surface area contributed by atoms with Crippen LogP contribution < -0.4 is 0 Å². The number of piperidine rings is 1. The molecule has 0 saturated carbocycles. The molecule has 100 valence electrons. The number of carboxylic acid groups (broad SMARTS) is 1. The number of rotatable bonds is 3. The third kappa shape index (κ3) is 2.33. The largest absolute Gasteiger partial charge is 0.480 e. The molecular formula is C12H17NO5. The molecule has 0 bridgehead atoms. The van der Waals surface area contributed by atoms with Crippen molar-refractivity contribution in [2.24, 2.45) is 0 Å². The van der Waals surface area contributed by atoms with E-state index in [-0.39, 0.29) is 18.8 Å². The Balaban J connectivity index is 2.14. The van der Waals surface area contributed by atoms with Gasteiger partial charge in [0, 0.05) is 6.61 Å². The zero-order chi connectivity index (χ0) is 13.1. The fraction of sp³-hybridized carbons (Fsp3) is 0.667. The van der Waals surface area contributed by atoms with E-state index in [9.17, 15) is 14.7 Å². The SMILES string of the molecule is C=CCOC(=O)N1[C@@H](C(=O)O)CC[C@H]2OCC[C@H]21. The smallest absolute Gasteiger partial charge is 0.411 e. The third-order valence-electron chi connectivity index (χ3n) is 3.41. The van der Waals surface area contributed by atoms with Gasteiger partial charge < -0.3 is 14.6 Å². The normalized spacial score (nSPS) is 30.7. The minimum absolute atomic E-state index is 0.0584. The van der Waals surface area contributed by atoms with Gasteiger partial charge in [0.15, 0.2) is 0 Å². The average Bonchev–Trinajstić information content (AvgIpc) is 2.82. The van der Waals surface area contributed by atoms with Crippen molar-refractivity contribution in [1.82, 2.24) is 4.90 Å². The first kappa shape index (κ1) is 12.9. The van der Waals surface area contributed by atoms with Gasteiger partial charge in [-0.25, -0.2) is 9.59 Å². The standard InChI is InChI=1S/C12H17NO5/c1-2-6-18-12(16)13-8-5-7-17-10(8)4-3-9(13)11(14)15/h2,8-10H,1,3-7H2,(H,14,15)/t8-,9-,10-/m1/s1. The lowest BCUT2D eigenvalue weighted by atomic mass is 9.93. The maximum Gasteiger partial charge on any atom is 0.411 e. The first-order valence-electron chi connectivity index (χ1n) is 6.05. The summed E-state index contributed by atoms with van der Waals surface area (Å²) in [5.74, 6) is -0.990. The minimum Gasteiger partial charge on any atom is -0.480 e. The number of fused-ring (bicyclic) bond motifs is 1. The molecule has 0 aromatic rings. The fourth-order valence-corrected chi connectivity index (χ4v) is 2.63. The second-order valence-corrected chi connectivity index (χ2v) is 4.47. The second kappa shape index (κ2) is 5.39. The van der Waals surface area contributed by atoms with Crippen LogP contribution in [0.4, 0.5) is 4.79 Å². The van der Waals surface area contributed by atoms with Crippen molar-refractivity contribution in [3.05, 3.63) is 12.7 Å². The first-order valence-corrected chi connectivity index (χ1v) is 6.05. The summed E-state index contributed by atoms with van der Waals surface area (Å²) in [4.78, 5) is 24.5. The molecule has 6 nitrogen and oxygen atoms in total. The highest BCUT2D eigenvalue weighted by atomic mass is 16.6. The van der Waals surface area contributed by atoms with Crippen molar-refractivity contribution < 1.29 is 24.2 Å². The lowest BCUT2D eigenvalue weighted by molar-refractivity contribution is -0.146. The number of carboxylic acids is 1. The van der Waals surface area contributed by atoms with Crippen molar-refractivity contribution in [2.75, 3.05) is 13.2 Å². The molecule has 0 spiro atoms. The summed E-state index contributed by atoms with van der Waals surface area (Å²) >= 11 is 0. The van der Waals surface area contributed by atoms with Crippen molar-refractivity contribution in [3.63, 3.8) is 0 Å². The van der Waals surface area contributed by atoms with Gasteiger partial charge in [0.1, 0.15) is 12.6 Å². The maximum absolute atomic E-state index is 12.0. The quantitative estimate of drug-likeness (QED) is 0.762. The van der Waals surface area contributed by atoms with Crippen LogP contribution in [-0.2, 0) is 14.3 Å². The van der Waals surface area contributed by atoms with Crippen LogP contribution in [0.3, 0.4) is 0 Å². The van der Waals surface area contributed by atoms with Crippen LogP contribution >= 0.6 is 0 Å². The maximum atomic E-state index is 12.0. The number of likely N-dealkylation sites (tertiary alicyclic amines) is 1. The van der Waals surface area contributed by atoms with E-state index in [0.29, 0.717) is 25.9 Å². The summed E-state index contributed by atoms with van der Waals surface area (Å²) in [6.07, 6.45) is 2.55. The van der Waals surface area contributed by atoms with Crippen LogP contribution in [-0.4, -0.2) is 53.5 Å². The average molecular weight is 255 g/mol. The molecule has 2 saturated heterocycles. The van der Waals surface area contributed by atoms with Gasteiger partial charge in [-0.05, 0) is 19.3 Å². The van der Waals surface area contributed by atoms with Gasteiger partial charge in [-0.15, -0.1) is 0 Å². The molecule has 0 unspecified atom stereocenters. The molecule has 2 aliphatic heterocycles. The van der Waals surface area contributed by atoms with E-state index < -0.39 is 18.1 Å². The summed E-state index contributed by atoms with van der Waals surface area (Å²) in [6.45, 7) is 4.11. The monoisotopic (exact) mass is 255 g/mol. The van der Waals surface area contributed by atoms with Crippen molar-refractivity contribution in [3.8, 4) is 0 Å². The van der Waals surface area contributed by atoms with Crippen molar-refractivity contribution >= 4 is 12.1 Å². The molecule has 0 aliphatic carbocycles. The zero-order valence-corrected chi connectivity index (χ0v) is 10.1. The molecule has 0 aromatic carbocycles. The Morgan fingerprint density at radius 3 is 2.89 bits per heavy atom. The highest BCUT2D eigenvalue weighted by Crippen LogP contribution is 2.32. The van der Waals surface area contributed by atoms with Crippen LogP contribution in [0, 0.1) is 0 Å². The van der Waals surface area contributed by atoms with E-state index in [2.05, 4.69) is 6.58 Å². The van der Waals surface area contributed by atoms with Gasteiger partial charge in [0.05, 0.1) is 12.1 Å². The van der Waals surface area contributed by atoms with Crippen LogP contribution in [0.2, 0.25) is 0 Å². The fourth-order valence-electron chi connectivity index (χ4n) is 2.63. The number of amides is 1. The van der Waals surface area contributed by atoms with E-state index in [4.69, 9.17) is 9.47 Å². The van der Waals surface area contributed by atoms with Gasteiger partial charge in [-0.3, -0.25) is 4.90 Å². The van der Waals surface area contributed by atoms with E-state index in [1.165, 1.54) is 11.0 Å². The van der Waals surface area contributed by atoms with Crippen LogP contribution in [0.5, 0.6) is 0 Å². The Kier molecular flexibility index (Phi) is 3.86. The van der Waals surface area contributed by atoms with Gasteiger partial charge >= 0.3 is 12.1 Å². The number of ether oxygens (including phenoxy) is 2. The van der Waals surface area contributed by atoms with Crippen LogP contribution in [0.15, 0.2) is 12.7 Å². The molecule has 0 aromatic heterocycles. The Bertz CT molecular complexity index is 356. The Labute approximate surface area is 105 Å². The zero-order valence-electron chi connectivity index (χ0n) is 10.1. The number of hydrogen-bond donors (Lipinski definition) is 1. The molecule has 6 heteroatoms. The number of aliphatic carboxylic acids is 1. The minimum atomic E-state index is -0.990. The summed E-state index contributed by atoms with van der Waals surface area (Å²) in [7, 11) is 0. The van der Waals surface area contributed by atoms with Gasteiger partial charge in [-0.1, -0.05) is 12.7 Å². The van der Waals surface area contributed by atoms with Crippen LogP contribution in [0.1, 0.15) is 19.3 Å². The van der Waals surface area contributed by atoms with Gasteiger partial charge in [0.2, 0.25) is 0 Å². The first-order chi connectivity index (χ1) is 8.65. The number of carbonyl (C=O) groups excluding carboxylic acids is 1. The van der Waals surface area contributed by atoms with Crippen LogP contribution in [0.25, 0.3) is 0 Å². The molecular weight excluding hydrogens is 238 g/mol. The summed E-state index contributed by atoms with van der Waals surface area (Å²) in [5, 5.41) is 9.19. The number of carbonyl (C=O) groups is 2. The lowest BCUT2D eigenvalue weighted by Crippen LogP contribution is -2.57. The molecule has 2 heterocycles. The number of nitrogens with zero attached hydrogens (tertiary/aromatic N) is 1. The second-order valence-electron chi connectivity index (χ2n) is 4.47. The van der Waals surface area contributed by atoms with E-state index in [1.54, 1.807) is 0 Å². The molecule has 1 amide bonds. The molecule has 2 aliphatic rings. The predicted molar refractivity (Wildman–Crippen MR) is 62.2 cm³/mol. The van der Waals surface area contributed by atoms with E-state index >= 15 is 0 Å². The topological polar surface area (TPSA) is 76.1 Å². The summed E-state index contributed by atoms with van der Waals surface area (Å²) < 4.78 is 10.5. The van der Waals surface area contributed by atoms with Crippen molar-refractivity contribution in [1.29, 1.82) is 0 Å². The Morgan fingerprint density at radius 1 is 1.44 bits per heavy atom. The van der Waals surface area contributed by atoms with Crippen molar-refractivity contribution in [2.45, 2.75) is 37.5 Å². The molecule has 0 radical (unpaired) electrons. The Morgan fingerprint density at radius 2 is 2.22 bits per heavy atom. The summed E-state index contributed by atoms with van der Waals surface area (Å²) in [5.41, 5.74) is 0. The molecule has 2 rings (SSSR count). The molecule has 3 atom stereocenters. The lowest BCUT2D eigenvalue weighted by Gasteiger charge is -2.39. The highest BCUT2D eigenvalue weighted by Gasteiger charge is 2.46. The molecule has 1 N–H and O–H groups in total. The Hall–Kier alpha value is -1.56. The molecule has 18 heavy (non-hydrogen) atoms. The summed E-state index contributed by atoms with van der Waals surface area (Å²) in [6, 6.07) is -0.998. The van der Waals surface area contributed by atoms with E-state index in [1.807, 2.05) is 0 Å². The predicted octanol–water partition coefficient (Wildman–Crippen LogP) is 1.02. The molecule has 2 fully saturated rings. The van der Waals surface area contributed by atoms with E-state index in [0.717, 1.165) is 0 Å². The van der Waals surface area contributed by atoms with Gasteiger partial charge in [0.25, 0.3) is 0 Å².